The monoisotopic (exact) mass is 328 g/mol. The summed E-state index contributed by atoms with van der Waals surface area (Å²) in [6.45, 7) is 4.25. The Kier molecular flexibility index (Phi) is 6.63. The van der Waals surface area contributed by atoms with E-state index in [2.05, 4.69) is 10.6 Å². The molecule has 2 aromatic rings. The second kappa shape index (κ2) is 8.93. The molecule has 0 aliphatic carbocycles. The molecule has 0 saturated carbocycles. The first-order valence-corrected chi connectivity index (χ1v) is 8.09. The van der Waals surface area contributed by atoms with Gasteiger partial charge in [-0.25, -0.2) is 4.79 Å². The Bertz CT molecular complexity index is 627. The fraction of sp³-hybridized carbons (Fsp3) is 0.316. The molecule has 3 N–H and O–H groups in total. The number of urea groups is 1. The maximum Gasteiger partial charge on any atom is 0.319 e. The van der Waals surface area contributed by atoms with Crippen LogP contribution in [0.1, 0.15) is 20.3 Å². The number of carbonyl (C=O) groups is 1. The van der Waals surface area contributed by atoms with Crippen LogP contribution < -0.4 is 15.4 Å². The van der Waals surface area contributed by atoms with E-state index in [4.69, 9.17) is 4.74 Å². The van der Waals surface area contributed by atoms with Crippen molar-refractivity contribution < 1.29 is 14.6 Å². The summed E-state index contributed by atoms with van der Waals surface area (Å²) in [7, 11) is 0. The lowest BCUT2D eigenvalue weighted by Gasteiger charge is -2.14. The van der Waals surface area contributed by atoms with Crippen LogP contribution in [-0.2, 0) is 0 Å². The summed E-state index contributed by atoms with van der Waals surface area (Å²) >= 11 is 0. The van der Waals surface area contributed by atoms with Crippen molar-refractivity contribution in [2.24, 2.45) is 5.92 Å². The number of benzene rings is 2. The minimum Gasteiger partial charge on any atom is -0.457 e. The molecule has 2 atom stereocenters. The zero-order chi connectivity index (χ0) is 17.4. The van der Waals surface area contributed by atoms with Gasteiger partial charge in [-0.1, -0.05) is 25.1 Å². The summed E-state index contributed by atoms with van der Waals surface area (Å²) < 4.78 is 5.70. The van der Waals surface area contributed by atoms with Gasteiger partial charge >= 0.3 is 6.03 Å². The van der Waals surface area contributed by atoms with Crippen LogP contribution in [0.15, 0.2) is 54.6 Å². The van der Waals surface area contributed by atoms with E-state index in [1.807, 2.05) is 37.3 Å². The second-order valence-corrected chi connectivity index (χ2v) is 5.96. The lowest BCUT2D eigenvalue weighted by molar-refractivity contribution is 0.163. The topological polar surface area (TPSA) is 70.6 Å². The molecule has 0 saturated heterocycles. The van der Waals surface area contributed by atoms with Crippen LogP contribution in [0.3, 0.4) is 0 Å². The normalized spacial score (nSPS) is 13.0. The summed E-state index contributed by atoms with van der Waals surface area (Å²) in [5.41, 5.74) is 0.691. The van der Waals surface area contributed by atoms with E-state index < -0.39 is 0 Å². The number of hydrogen-bond donors (Lipinski definition) is 3. The molecule has 0 fully saturated rings. The smallest absolute Gasteiger partial charge is 0.319 e. The van der Waals surface area contributed by atoms with Crippen LogP contribution in [0.2, 0.25) is 0 Å². The molecule has 5 heteroatoms. The number of aliphatic hydroxyl groups is 1. The Morgan fingerprint density at radius 3 is 2.29 bits per heavy atom. The highest BCUT2D eigenvalue weighted by Gasteiger charge is 2.08. The van der Waals surface area contributed by atoms with Crippen molar-refractivity contribution >= 4 is 11.7 Å². The zero-order valence-corrected chi connectivity index (χ0v) is 14.0. The highest BCUT2D eigenvalue weighted by molar-refractivity contribution is 5.89. The molecule has 0 bridgehead atoms. The molecule has 0 spiro atoms. The Labute approximate surface area is 142 Å². The van der Waals surface area contributed by atoms with Gasteiger partial charge in [-0.05, 0) is 55.7 Å². The van der Waals surface area contributed by atoms with Gasteiger partial charge in [-0.2, -0.15) is 0 Å². The number of ether oxygens (including phenoxy) is 1. The summed E-state index contributed by atoms with van der Waals surface area (Å²) in [5, 5.41) is 14.9. The maximum atomic E-state index is 11.9. The number of amides is 2. The molecule has 5 nitrogen and oxygen atoms in total. The van der Waals surface area contributed by atoms with Crippen LogP contribution >= 0.6 is 0 Å². The quantitative estimate of drug-likeness (QED) is 0.719. The van der Waals surface area contributed by atoms with E-state index >= 15 is 0 Å². The molecule has 0 heterocycles. The number of carbonyl (C=O) groups excluding carboxylic acids is 1. The lowest BCUT2D eigenvalue weighted by atomic mass is 10.1. The first-order valence-electron chi connectivity index (χ1n) is 8.09. The molecule has 2 aromatic carbocycles. The largest absolute Gasteiger partial charge is 0.457 e. The van der Waals surface area contributed by atoms with Crippen molar-refractivity contribution in [3.8, 4) is 11.5 Å². The van der Waals surface area contributed by atoms with Gasteiger partial charge in [0.15, 0.2) is 0 Å². The summed E-state index contributed by atoms with van der Waals surface area (Å²) in [4.78, 5) is 11.9. The van der Waals surface area contributed by atoms with E-state index in [0.717, 1.165) is 5.75 Å². The van der Waals surface area contributed by atoms with Gasteiger partial charge in [0.05, 0.1) is 6.10 Å². The highest BCUT2D eigenvalue weighted by atomic mass is 16.5. The van der Waals surface area contributed by atoms with Crippen LogP contribution in [0.25, 0.3) is 0 Å². The first-order chi connectivity index (χ1) is 11.5. The third kappa shape index (κ3) is 6.30. The highest BCUT2D eigenvalue weighted by Crippen LogP contribution is 2.22. The molecule has 2 unspecified atom stereocenters. The fourth-order valence-electron chi connectivity index (χ4n) is 2.34. The zero-order valence-electron chi connectivity index (χ0n) is 14.0. The molecule has 0 aromatic heterocycles. The summed E-state index contributed by atoms with van der Waals surface area (Å²) in [5.74, 6) is 1.69. The van der Waals surface area contributed by atoms with Gasteiger partial charge in [0.1, 0.15) is 11.5 Å². The maximum absolute atomic E-state index is 11.9. The molecule has 0 aliphatic heterocycles. The predicted molar refractivity (Wildman–Crippen MR) is 95.4 cm³/mol. The molecule has 128 valence electrons. The van der Waals surface area contributed by atoms with Crippen molar-refractivity contribution in [2.45, 2.75) is 26.4 Å². The van der Waals surface area contributed by atoms with Gasteiger partial charge in [-0.3, -0.25) is 0 Å². The van der Waals surface area contributed by atoms with Crippen molar-refractivity contribution in [3.05, 3.63) is 54.6 Å². The number of aliphatic hydroxyl groups excluding tert-OH is 1. The average molecular weight is 328 g/mol. The Morgan fingerprint density at radius 1 is 1.04 bits per heavy atom. The van der Waals surface area contributed by atoms with Crippen LogP contribution in [0.5, 0.6) is 11.5 Å². The van der Waals surface area contributed by atoms with E-state index in [1.165, 1.54) is 0 Å². The van der Waals surface area contributed by atoms with E-state index in [1.54, 1.807) is 31.2 Å². The van der Waals surface area contributed by atoms with Crippen molar-refractivity contribution in [2.75, 3.05) is 11.9 Å². The van der Waals surface area contributed by atoms with Crippen molar-refractivity contribution in [3.63, 3.8) is 0 Å². The third-order valence-electron chi connectivity index (χ3n) is 3.45. The molecule has 2 amide bonds. The predicted octanol–water partition coefficient (Wildman–Crippen LogP) is 4.01. The summed E-state index contributed by atoms with van der Waals surface area (Å²) in [6, 6.07) is 16.4. The van der Waals surface area contributed by atoms with Crippen LogP contribution in [0.4, 0.5) is 10.5 Å². The van der Waals surface area contributed by atoms with Crippen molar-refractivity contribution in [1.29, 1.82) is 0 Å². The van der Waals surface area contributed by atoms with Gasteiger partial charge in [0.2, 0.25) is 0 Å². The van der Waals surface area contributed by atoms with Gasteiger partial charge < -0.3 is 20.5 Å². The van der Waals surface area contributed by atoms with Crippen LogP contribution in [0, 0.1) is 5.92 Å². The number of rotatable bonds is 7. The lowest BCUT2D eigenvalue weighted by Crippen LogP contribution is -2.33. The third-order valence-corrected chi connectivity index (χ3v) is 3.45. The molecule has 0 radical (unpaired) electrons. The number of nitrogens with one attached hydrogen (secondary N) is 2. The molecule has 0 aliphatic rings. The Morgan fingerprint density at radius 2 is 1.67 bits per heavy atom. The summed E-state index contributed by atoms with van der Waals surface area (Å²) in [6.07, 6.45) is 0.299. The minimum absolute atomic E-state index is 0.220. The van der Waals surface area contributed by atoms with E-state index in [0.29, 0.717) is 24.4 Å². The minimum atomic E-state index is -0.359. The van der Waals surface area contributed by atoms with E-state index in [9.17, 15) is 9.90 Å². The Hall–Kier alpha value is -2.53. The fourth-order valence-corrected chi connectivity index (χ4v) is 2.34. The van der Waals surface area contributed by atoms with E-state index in [-0.39, 0.29) is 18.1 Å². The average Bonchev–Trinajstić information content (AvgIpc) is 2.55. The van der Waals surface area contributed by atoms with Gasteiger partial charge in [0.25, 0.3) is 0 Å². The molecular formula is C19H24N2O3. The number of hydrogen-bond acceptors (Lipinski definition) is 3. The van der Waals surface area contributed by atoms with Gasteiger partial charge in [0, 0.05) is 12.2 Å². The van der Waals surface area contributed by atoms with Crippen LogP contribution in [-0.4, -0.2) is 23.8 Å². The number of para-hydroxylation sites is 1. The molecule has 24 heavy (non-hydrogen) atoms. The Balaban J connectivity index is 1.79. The first kappa shape index (κ1) is 17.8. The van der Waals surface area contributed by atoms with Crippen molar-refractivity contribution in [1.82, 2.24) is 5.32 Å². The SMILES string of the molecule is CC(O)CC(C)CNC(=O)Nc1ccc(Oc2ccccc2)cc1. The number of anilines is 1. The standard InChI is InChI=1S/C19H24N2O3/c1-14(12-15(2)22)13-20-19(23)21-16-8-10-18(11-9-16)24-17-6-4-3-5-7-17/h3-11,14-15,22H,12-13H2,1-2H3,(H2,20,21,23). The van der Waals surface area contributed by atoms with Gasteiger partial charge in [-0.15, -0.1) is 0 Å². The second-order valence-electron chi connectivity index (χ2n) is 5.96. The molecular weight excluding hydrogens is 304 g/mol. The molecule has 2 rings (SSSR count).